The molecule has 1 saturated carbocycles. The number of benzene rings is 1. The Morgan fingerprint density at radius 1 is 1.53 bits per heavy atom. The minimum Gasteiger partial charge on any atom is -0.482 e. The van der Waals surface area contributed by atoms with E-state index in [0.29, 0.717) is 16.9 Å². The van der Waals surface area contributed by atoms with E-state index >= 15 is 0 Å². The van der Waals surface area contributed by atoms with Gasteiger partial charge in [-0.05, 0) is 40.8 Å². The molecule has 0 spiro atoms. The summed E-state index contributed by atoms with van der Waals surface area (Å²) < 4.78 is 5.86. The lowest BCUT2D eigenvalue weighted by Crippen LogP contribution is -2.30. The Morgan fingerprint density at radius 2 is 2.26 bits per heavy atom. The van der Waals surface area contributed by atoms with Crippen LogP contribution in [0.3, 0.4) is 0 Å². The average molecular weight is 329 g/mol. The van der Waals surface area contributed by atoms with E-state index in [0.717, 1.165) is 12.8 Å². The van der Waals surface area contributed by atoms with Crippen molar-refractivity contribution in [1.82, 2.24) is 5.32 Å². The Kier molecular flexibility index (Phi) is 4.36. The number of halogens is 1. The zero-order chi connectivity index (χ0) is 13.8. The van der Waals surface area contributed by atoms with Crippen LogP contribution in [0.4, 0.5) is 5.69 Å². The Balaban J connectivity index is 1.88. The van der Waals surface area contributed by atoms with Crippen LogP contribution in [0.5, 0.6) is 5.75 Å². The van der Waals surface area contributed by atoms with Gasteiger partial charge in [-0.2, -0.15) is 0 Å². The van der Waals surface area contributed by atoms with Crippen molar-refractivity contribution in [2.75, 3.05) is 13.2 Å². The van der Waals surface area contributed by atoms with Crippen LogP contribution in [0.25, 0.3) is 0 Å². The molecular weight excluding hydrogens is 316 g/mol. The molecular formula is C12H13BrN2O4. The molecule has 7 heteroatoms. The van der Waals surface area contributed by atoms with E-state index in [1.165, 1.54) is 18.2 Å². The first kappa shape index (κ1) is 13.8. The van der Waals surface area contributed by atoms with E-state index in [9.17, 15) is 14.9 Å². The van der Waals surface area contributed by atoms with Gasteiger partial charge in [0, 0.05) is 12.6 Å². The summed E-state index contributed by atoms with van der Waals surface area (Å²) in [6, 6.07) is 4.18. The largest absolute Gasteiger partial charge is 0.482 e. The van der Waals surface area contributed by atoms with Crippen LogP contribution in [0.2, 0.25) is 0 Å². The molecule has 1 aromatic rings. The van der Waals surface area contributed by atoms with E-state index in [-0.39, 0.29) is 24.0 Å². The predicted molar refractivity (Wildman–Crippen MR) is 72.0 cm³/mol. The maximum Gasteiger partial charge on any atom is 0.273 e. The van der Waals surface area contributed by atoms with Crippen molar-refractivity contribution in [3.05, 3.63) is 32.8 Å². The van der Waals surface area contributed by atoms with Gasteiger partial charge in [-0.15, -0.1) is 0 Å². The summed E-state index contributed by atoms with van der Waals surface area (Å²) in [7, 11) is 0. The summed E-state index contributed by atoms with van der Waals surface area (Å²) in [5, 5.41) is 13.4. The standard InChI is InChI=1S/C12H13BrN2O4/c13-10-4-3-9(15(17)18)5-11(10)19-7-12(16)14-6-8-1-2-8/h3-5,8H,1-2,6-7H2,(H,14,16). The molecule has 1 aliphatic carbocycles. The molecule has 102 valence electrons. The Bertz CT molecular complexity index is 503. The van der Waals surface area contributed by atoms with Gasteiger partial charge in [-0.1, -0.05) is 0 Å². The van der Waals surface area contributed by atoms with Crippen molar-refractivity contribution in [2.24, 2.45) is 5.92 Å². The van der Waals surface area contributed by atoms with Crippen molar-refractivity contribution in [1.29, 1.82) is 0 Å². The number of nitro groups is 1. The van der Waals surface area contributed by atoms with Crippen LogP contribution in [0, 0.1) is 16.0 Å². The normalized spacial score (nSPS) is 13.9. The van der Waals surface area contributed by atoms with Crippen molar-refractivity contribution in [3.8, 4) is 5.75 Å². The van der Waals surface area contributed by atoms with Gasteiger partial charge in [0.05, 0.1) is 15.5 Å². The van der Waals surface area contributed by atoms with Crippen LogP contribution in [0.15, 0.2) is 22.7 Å². The van der Waals surface area contributed by atoms with Crippen molar-refractivity contribution in [3.63, 3.8) is 0 Å². The number of nitrogens with zero attached hydrogens (tertiary/aromatic N) is 1. The van der Waals surface area contributed by atoms with Gasteiger partial charge in [-0.25, -0.2) is 0 Å². The van der Waals surface area contributed by atoms with Gasteiger partial charge < -0.3 is 10.1 Å². The highest BCUT2D eigenvalue weighted by Gasteiger charge is 2.21. The average Bonchev–Trinajstić information content (AvgIpc) is 3.19. The molecule has 0 aliphatic heterocycles. The number of hydrogen-bond donors (Lipinski definition) is 1. The van der Waals surface area contributed by atoms with Gasteiger partial charge in [0.2, 0.25) is 0 Å². The highest BCUT2D eigenvalue weighted by atomic mass is 79.9. The monoisotopic (exact) mass is 328 g/mol. The first-order chi connectivity index (χ1) is 9.06. The highest BCUT2D eigenvalue weighted by molar-refractivity contribution is 9.10. The van der Waals surface area contributed by atoms with Gasteiger partial charge in [0.1, 0.15) is 5.75 Å². The molecule has 0 unspecified atom stereocenters. The fourth-order valence-corrected chi connectivity index (χ4v) is 1.85. The summed E-state index contributed by atoms with van der Waals surface area (Å²) in [5.74, 6) is 0.676. The van der Waals surface area contributed by atoms with E-state index in [1.807, 2.05) is 0 Å². The minimum atomic E-state index is -0.507. The van der Waals surface area contributed by atoms with E-state index in [1.54, 1.807) is 0 Å². The molecule has 1 amide bonds. The lowest BCUT2D eigenvalue weighted by molar-refractivity contribution is -0.385. The summed E-state index contributed by atoms with van der Waals surface area (Å²) >= 11 is 3.22. The first-order valence-corrected chi connectivity index (χ1v) is 6.69. The third-order valence-corrected chi connectivity index (χ3v) is 3.42. The number of non-ortho nitro benzene ring substituents is 1. The minimum absolute atomic E-state index is 0.0726. The number of rotatable bonds is 6. The van der Waals surface area contributed by atoms with E-state index in [2.05, 4.69) is 21.2 Å². The van der Waals surface area contributed by atoms with E-state index in [4.69, 9.17) is 4.74 Å². The molecule has 0 radical (unpaired) electrons. The second-order valence-corrected chi connectivity index (χ2v) is 5.26. The summed E-state index contributed by atoms with van der Waals surface area (Å²) in [4.78, 5) is 21.6. The fourth-order valence-electron chi connectivity index (χ4n) is 1.49. The molecule has 2 rings (SSSR count). The predicted octanol–water partition coefficient (Wildman–Crippen LogP) is 2.26. The maximum atomic E-state index is 11.5. The van der Waals surface area contributed by atoms with Crippen LogP contribution < -0.4 is 10.1 Å². The zero-order valence-electron chi connectivity index (χ0n) is 10.1. The molecule has 0 atom stereocenters. The molecule has 1 aliphatic rings. The summed E-state index contributed by atoms with van der Waals surface area (Å²) in [6.45, 7) is 0.533. The van der Waals surface area contributed by atoms with Crippen LogP contribution in [-0.2, 0) is 4.79 Å². The smallest absolute Gasteiger partial charge is 0.273 e. The zero-order valence-corrected chi connectivity index (χ0v) is 11.7. The Labute approximate surface area is 118 Å². The summed E-state index contributed by atoms with van der Waals surface area (Å²) in [6.07, 6.45) is 2.33. The number of nitro benzene ring substituents is 1. The Hall–Kier alpha value is -1.63. The molecule has 0 heterocycles. The lowest BCUT2D eigenvalue weighted by Gasteiger charge is -2.08. The second-order valence-electron chi connectivity index (χ2n) is 4.41. The number of ether oxygens (including phenoxy) is 1. The van der Waals surface area contributed by atoms with Crippen LogP contribution >= 0.6 is 15.9 Å². The van der Waals surface area contributed by atoms with Crippen molar-refractivity contribution in [2.45, 2.75) is 12.8 Å². The quantitative estimate of drug-likeness (QED) is 0.641. The maximum absolute atomic E-state index is 11.5. The number of amides is 1. The molecule has 0 saturated heterocycles. The number of nitrogens with one attached hydrogen (secondary N) is 1. The highest BCUT2D eigenvalue weighted by Crippen LogP contribution is 2.29. The second kappa shape index (κ2) is 6.01. The molecule has 0 bridgehead atoms. The number of hydrogen-bond acceptors (Lipinski definition) is 4. The van der Waals surface area contributed by atoms with E-state index < -0.39 is 4.92 Å². The molecule has 0 aromatic heterocycles. The molecule has 1 aromatic carbocycles. The topological polar surface area (TPSA) is 81.5 Å². The molecule has 6 nitrogen and oxygen atoms in total. The van der Waals surface area contributed by atoms with Gasteiger partial charge in [-0.3, -0.25) is 14.9 Å². The third kappa shape index (κ3) is 4.20. The van der Waals surface area contributed by atoms with Gasteiger partial charge >= 0.3 is 0 Å². The van der Waals surface area contributed by atoms with Crippen LogP contribution in [-0.4, -0.2) is 24.0 Å². The molecule has 1 fully saturated rings. The number of carbonyl (C=O) groups is 1. The first-order valence-electron chi connectivity index (χ1n) is 5.89. The third-order valence-electron chi connectivity index (χ3n) is 2.77. The van der Waals surface area contributed by atoms with Gasteiger partial charge in [0.15, 0.2) is 6.61 Å². The Morgan fingerprint density at radius 3 is 2.89 bits per heavy atom. The summed E-state index contributed by atoms with van der Waals surface area (Å²) in [5.41, 5.74) is -0.0726. The SMILES string of the molecule is O=C(COc1cc([N+](=O)[O-])ccc1Br)NCC1CC1. The fraction of sp³-hybridized carbons (Fsp3) is 0.417. The van der Waals surface area contributed by atoms with Crippen molar-refractivity contribution >= 4 is 27.5 Å². The van der Waals surface area contributed by atoms with Crippen LogP contribution in [0.1, 0.15) is 12.8 Å². The number of carbonyl (C=O) groups excluding carboxylic acids is 1. The molecule has 1 N–H and O–H groups in total. The lowest BCUT2D eigenvalue weighted by atomic mass is 10.3. The molecule has 19 heavy (non-hydrogen) atoms. The van der Waals surface area contributed by atoms with Crippen molar-refractivity contribution < 1.29 is 14.5 Å². The van der Waals surface area contributed by atoms with Gasteiger partial charge in [0.25, 0.3) is 11.6 Å².